The molecule has 0 fully saturated rings. The molecule has 0 radical (unpaired) electrons. The van der Waals surface area contributed by atoms with Gasteiger partial charge in [-0.05, 0) is 19.9 Å². The average molecular weight is 208 g/mol. The van der Waals surface area contributed by atoms with E-state index in [1.807, 2.05) is 51.2 Å². The molecule has 0 heterocycles. The van der Waals surface area contributed by atoms with E-state index in [-0.39, 0.29) is 6.10 Å². The molecule has 15 heavy (non-hydrogen) atoms. The molecule has 0 amide bonds. The zero-order valence-corrected chi connectivity index (χ0v) is 9.95. The van der Waals surface area contributed by atoms with Crippen molar-refractivity contribution in [3.8, 4) is 5.75 Å². The number of nitrogens with one attached hydrogen (secondary N) is 1. The lowest BCUT2D eigenvalue weighted by atomic mass is 10.2. The van der Waals surface area contributed by atoms with E-state index < -0.39 is 0 Å². The Balaban J connectivity index is 2.68. The first-order valence-corrected chi connectivity index (χ1v) is 5.25. The summed E-state index contributed by atoms with van der Waals surface area (Å²) >= 11 is 0. The molecule has 0 aromatic heterocycles. The van der Waals surface area contributed by atoms with Crippen molar-refractivity contribution in [1.29, 1.82) is 0 Å². The molecule has 0 spiro atoms. The number of para-hydroxylation sites is 1. The Morgan fingerprint density at radius 2 is 1.93 bits per heavy atom. The minimum absolute atomic E-state index is 0.213. The van der Waals surface area contributed by atoms with Crippen LogP contribution >= 0.6 is 0 Å². The van der Waals surface area contributed by atoms with Crippen LogP contribution in [0.1, 0.15) is 19.4 Å². The molecule has 84 valence electrons. The number of hydrogen-bond acceptors (Lipinski definition) is 3. The third kappa shape index (κ3) is 4.32. The van der Waals surface area contributed by atoms with E-state index in [1.54, 1.807) is 0 Å². The van der Waals surface area contributed by atoms with E-state index in [9.17, 15) is 0 Å². The third-order valence-corrected chi connectivity index (χ3v) is 1.92. The van der Waals surface area contributed by atoms with Crippen LogP contribution in [0.25, 0.3) is 0 Å². The maximum absolute atomic E-state index is 5.72. The highest BCUT2D eigenvalue weighted by atomic mass is 16.5. The first kappa shape index (κ1) is 12.0. The smallest absolute Gasteiger partial charge is 0.124 e. The number of nitrogens with zero attached hydrogens (tertiary/aromatic N) is 1. The van der Waals surface area contributed by atoms with Gasteiger partial charge < -0.3 is 4.74 Å². The van der Waals surface area contributed by atoms with Gasteiger partial charge in [-0.15, -0.1) is 0 Å². The van der Waals surface area contributed by atoms with Crippen LogP contribution in [-0.4, -0.2) is 25.2 Å². The van der Waals surface area contributed by atoms with Crippen LogP contribution < -0.4 is 10.2 Å². The monoisotopic (exact) mass is 208 g/mol. The van der Waals surface area contributed by atoms with E-state index in [0.717, 1.165) is 12.3 Å². The molecular weight excluding hydrogens is 188 g/mol. The molecule has 0 atom stereocenters. The Morgan fingerprint density at radius 1 is 1.27 bits per heavy atom. The lowest BCUT2D eigenvalue weighted by Gasteiger charge is -2.16. The SMILES string of the molecule is CC(C)Oc1ccccc1CNN(C)C. The topological polar surface area (TPSA) is 24.5 Å². The van der Waals surface area contributed by atoms with Gasteiger partial charge in [-0.1, -0.05) is 18.2 Å². The molecule has 0 bridgehead atoms. The van der Waals surface area contributed by atoms with Crippen molar-refractivity contribution in [2.75, 3.05) is 14.1 Å². The van der Waals surface area contributed by atoms with Gasteiger partial charge in [0.25, 0.3) is 0 Å². The quantitative estimate of drug-likeness (QED) is 0.749. The van der Waals surface area contributed by atoms with Crippen LogP contribution in [-0.2, 0) is 6.54 Å². The Labute approximate surface area is 92.0 Å². The number of benzene rings is 1. The van der Waals surface area contributed by atoms with Crippen molar-refractivity contribution in [1.82, 2.24) is 10.4 Å². The number of hydrazine groups is 1. The normalized spacial score (nSPS) is 11.1. The van der Waals surface area contributed by atoms with E-state index in [0.29, 0.717) is 0 Å². The Bertz CT molecular complexity index is 297. The van der Waals surface area contributed by atoms with Crippen molar-refractivity contribution in [2.24, 2.45) is 0 Å². The summed E-state index contributed by atoms with van der Waals surface area (Å²) in [6.07, 6.45) is 0.213. The summed E-state index contributed by atoms with van der Waals surface area (Å²) in [5.74, 6) is 0.960. The highest BCUT2D eigenvalue weighted by Crippen LogP contribution is 2.18. The van der Waals surface area contributed by atoms with Gasteiger partial charge in [-0.25, -0.2) is 0 Å². The fraction of sp³-hybridized carbons (Fsp3) is 0.500. The minimum Gasteiger partial charge on any atom is -0.491 e. The van der Waals surface area contributed by atoms with Crippen molar-refractivity contribution < 1.29 is 4.74 Å². The van der Waals surface area contributed by atoms with Gasteiger partial charge in [-0.2, -0.15) is 0 Å². The van der Waals surface area contributed by atoms with Gasteiger partial charge in [0.05, 0.1) is 6.10 Å². The zero-order valence-electron chi connectivity index (χ0n) is 9.95. The van der Waals surface area contributed by atoms with Crippen molar-refractivity contribution >= 4 is 0 Å². The minimum atomic E-state index is 0.213. The fourth-order valence-electron chi connectivity index (χ4n) is 1.26. The maximum atomic E-state index is 5.72. The molecule has 0 unspecified atom stereocenters. The molecule has 3 heteroatoms. The number of hydrogen-bond donors (Lipinski definition) is 1. The zero-order chi connectivity index (χ0) is 11.3. The molecule has 0 aliphatic heterocycles. The Hall–Kier alpha value is -1.06. The molecule has 0 aliphatic carbocycles. The number of rotatable bonds is 5. The Kier molecular flexibility index (Phi) is 4.59. The molecule has 3 nitrogen and oxygen atoms in total. The molecule has 0 aliphatic rings. The second kappa shape index (κ2) is 5.73. The average Bonchev–Trinajstić information content (AvgIpc) is 2.15. The highest BCUT2D eigenvalue weighted by Gasteiger charge is 2.04. The van der Waals surface area contributed by atoms with Gasteiger partial charge in [0.1, 0.15) is 5.75 Å². The van der Waals surface area contributed by atoms with Crippen LogP contribution in [0.2, 0.25) is 0 Å². The van der Waals surface area contributed by atoms with Crippen LogP contribution in [0.4, 0.5) is 0 Å². The summed E-state index contributed by atoms with van der Waals surface area (Å²) in [5.41, 5.74) is 4.41. The molecular formula is C12H20N2O. The second-order valence-electron chi connectivity index (χ2n) is 4.00. The van der Waals surface area contributed by atoms with Gasteiger partial charge in [-0.3, -0.25) is 10.4 Å². The highest BCUT2D eigenvalue weighted by molar-refractivity contribution is 5.33. The van der Waals surface area contributed by atoms with E-state index in [1.165, 1.54) is 5.56 Å². The molecule has 1 N–H and O–H groups in total. The van der Waals surface area contributed by atoms with Crippen LogP contribution in [0.3, 0.4) is 0 Å². The predicted molar refractivity (Wildman–Crippen MR) is 62.7 cm³/mol. The van der Waals surface area contributed by atoms with Gasteiger partial charge >= 0.3 is 0 Å². The fourth-order valence-corrected chi connectivity index (χ4v) is 1.26. The number of ether oxygens (including phenoxy) is 1. The van der Waals surface area contributed by atoms with Crippen LogP contribution in [0, 0.1) is 0 Å². The van der Waals surface area contributed by atoms with Gasteiger partial charge in [0, 0.05) is 26.2 Å². The summed E-state index contributed by atoms with van der Waals surface area (Å²) in [6, 6.07) is 8.11. The molecule has 0 saturated heterocycles. The third-order valence-electron chi connectivity index (χ3n) is 1.92. The Morgan fingerprint density at radius 3 is 2.53 bits per heavy atom. The van der Waals surface area contributed by atoms with E-state index >= 15 is 0 Å². The largest absolute Gasteiger partial charge is 0.491 e. The lowest BCUT2D eigenvalue weighted by Crippen LogP contribution is -2.29. The summed E-state index contributed by atoms with van der Waals surface area (Å²) in [7, 11) is 3.96. The van der Waals surface area contributed by atoms with Crippen molar-refractivity contribution in [3.05, 3.63) is 29.8 Å². The van der Waals surface area contributed by atoms with E-state index in [2.05, 4.69) is 11.5 Å². The van der Waals surface area contributed by atoms with Crippen LogP contribution in [0.15, 0.2) is 24.3 Å². The lowest BCUT2D eigenvalue weighted by molar-refractivity contribution is 0.234. The second-order valence-corrected chi connectivity index (χ2v) is 4.00. The molecule has 1 aromatic carbocycles. The molecule has 0 saturated carbocycles. The van der Waals surface area contributed by atoms with E-state index in [4.69, 9.17) is 4.74 Å². The summed E-state index contributed by atoms with van der Waals surface area (Å²) in [4.78, 5) is 0. The molecule has 1 rings (SSSR count). The van der Waals surface area contributed by atoms with Crippen molar-refractivity contribution in [2.45, 2.75) is 26.5 Å². The van der Waals surface area contributed by atoms with Gasteiger partial charge in [0.15, 0.2) is 0 Å². The maximum Gasteiger partial charge on any atom is 0.124 e. The van der Waals surface area contributed by atoms with Crippen LogP contribution in [0.5, 0.6) is 5.75 Å². The standard InChI is InChI=1S/C12H20N2O/c1-10(2)15-12-8-6-5-7-11(12)9-13-14(3)4/h5-8,10,13H,9H2,1-4H3. The predicted octanol–water partition coefficient (Wildman–Crippen LogP) is 2.04. The summed E-state index contributed by atoms with van der Waals surface area (Å²) in [6.45, 7) is 4.86. The summed E-state index contributed by atoms with van der Waals surface area (Å²) < 4.78 is 5.72. The van der Waals surface area contributed by atoms with Gasteiger partial charge in [0.2, 0.25) is 0 Å². The first-order chi connectivity index (χ1) is 7.09. The summed E-state index contributed by atoms with van der Waals surface area (Å²) in [5, 5.41) is 1.94. The molecule has 1 aromatic rings. The first-order valence-electron chi connectivity index (χ1n) is 5.25. The van der Waals surface area contributed by atoms with Crippen molar-refractivity contribution in [3.63, 3.8) is 0 Å².